The normalized spacial score (nSPS) is 11.4. The summed E-state index contributed by atoms with van der Waals surface area (Å²) < 4.78 is 0. The molecule has 4 aromatic carbocycles. The first-order valence-electron chi connectivity index (χ1n) is 7.43. The van der Waals surface area contributed by atoms with Crippen LogP contribution in [0, 0.1) is 0 Å². The van der Waals surface area contributed by atoms with Crippen molar-refractivity contribution in [3.63, 3.8) is 0 Å². The lowest BCUT2D eigenvalue weighted by atomic mass is 9.98. The molecule has 0 saturated heterocycles. The quantitative estimate of drug-likeness (QED) is 0.380. The van der Waals surface area contributed by atoms with Crippen LogP contribution >= 0.6 is 11.6 Å². The second-order valence-electron chi connectivity index (χ2n) is 5.58. The monoisotopic (exact) mass is 302 g/mol. The van der Waals surface area contributed by atoms with Gasteiger partial charge in [-0.15, -0.1) is 11.6 Å². The van der Waals surface area contributed by atoms with Crippen molar-refractivity contribution in [2.45, 2.75) is 5.38 Å². The summed E-state index contributed by atoms with van der Waals surface area (Å²) in [5.41, 5.74) is 2.27. The molecule has 4 rings (SSSR count). The predicted molar refractivity (Wildman–Crippen MR) is 95.6 cm³/mol. The number of benzene rings is 4. The molecule has 0 spiro atoms. The average Bonchev–Trinajstić information content (AvgIpc) is 2.60. The highest BCUT2D eigenvalue weighted by Gasteiger charge is 2.11. The van der Waals surface area contributed by atoms with Crippen LogP contribution in [0.1, 0.15) is 16.5 Å². The summed E-state index contributed by atoms with van der Waals surface area (Å²) in [5.74, 6) is 0. The minimum absolute atomic E-state index is 0.130. The van der Waals surface area contributed by atoms with Crippen molar-refractivity contribution in [1.29, 1.82) is 0 Å². The summed E-state index contributed by atoms with van der Waals surface area (Å²) in [6.07, 6.45) is 0. The van der Waals surface area contributed by atoms with E-state index in [9.17, 15) is 0 Å². The molecule has 0 amide bonds. The number of hydrogen-bond donors (Lipinski definition) is 0. The van der Waals surface area contributed by atoms with E-state index < -0.39 is 0 Å². The number of rotatable bonds is 2. The van der Waals surface area contributed by atoms with Gasteiger partial charge in [-0.3, -0.25) is 0 Å². The first-order chi connectivity index (χ1) is 10.8. The van der Waals surface area contributed by atoms with Gasteiger partial charge in [0, 0.05) is 0 Å². The molecular weight excluding hydrogens is 288 g/mol. The third-order valence-electron chi connectivity index (χ3n) is 4.13. The molecule has 0 fully saturated rings. The van der Waals surface area contributed by atoms with E-state index >= 15 is 0 Å². The van der Waals surface area contributed by atoms with Crippen LogP contribution in [0.4, 0.5) is 0 Å². The molecule has 4 aromatic rings. The summed E-state index contributed by atoms with van der Waals surface area (Å²) in [5, 5.41) is 4.81. The maximum Gasteiger partial charge on any atom is 0.0835 e. The fourth-order valence-electron chi connectivity index (χ4n) is 2.92. The van der Waals surface area contributed by atoms with Crippen molar-refractivity contribution in [1.82, 2.24) is 0 Å². The van der Waals surface area contributed by atoms with E-state index in [-0.39, 0.29) is 5.38 Å². The van der Waals surface area contributed by atoms with E-state index in [2.05, 4.69) is 84.9 Å². The fraction of sp³-hybridized carbons (Fsp3) is 0.0476. The maximum absolute atomic E-state index is 6.73. The molecule has 0 bridgehead atoms. The van der Waals surface area contributed by atoms with Crippen molar-refractivity contribution in [3.05, 3.63) is 96.1 Å². The highest BCUT2D eigenvalue weighted by Crippen LogP contribution is 2.32. The molecule has 0 nitrogen and oxygen atoms in total. The standard InChI is InChI=1S/C21H15Cl/c22-21(19-11-9-15-5-1-3-7-17(15)13-19)20-12-10-16-6-2-4-8-18(16)14-20/h1-14,21H. The van der Waals surface area contributed by atoms with Crippen LogP contribution in [0.2, 0.25) is 0 Å². The summed E-state index contributed by atoms with van der Waals surface area (Å²) in [4.78, 5) is 0. The first kappa shape index (κ1) is 13.4. The number of fused-ring (bicyclic) bond motifs is 2. The van der Waals surface area contributed by atoms with Crippen molar-refractivity contribution < 1.29 is 0 Å². The molecule has 0 radical (unpaired) electrons. The lowest BCUT2D eigenvalue weighted by molar-refractivity contribution is 1.15. The number of alkyl halides is 1. The zero-order valence-electron chi connectivity index (χ0n) is 12.0. The molecule has 0 saturated carbocycles. The summed E-state index contributed by atoms with van der Waals surface area (Å²) in [7, 11) is 0. The summed E-state index contributed by atoms with van der Waals surface area (Å²) in [6.45, 7) is 0. The van der Waals surface area contributed by atoms with E-state index in [0.717, 1.165) is 11.1 Å². The highest BCUT2D eigenvalue weighted by molar-refractivity contribution is 6.23. The van der Waals surface area contributed by atoms with E-state index in [0.29, 0.717) is 0 Å². The van der Waals surface area contributed by atoms with E-state index in [1.165, 1.54) is 21.5 Å². The summed E-state index contributed by atoms with van der Waals surface area (Å²) in [6, 6.07) is 29.6. The number of halogens is 1. The minimum atomic E-state index is -0.130. The lowest BCUT2D eigenvalue weighted by Gasteiger charge is -2.12. The third kappa shape index (κ3) is 2.36. The SMILES string of the molecule is ClC(c1ccc2ccccc2c1)c1ccc2ccccc2c1. The van der Waals surface area contributed by atoms with Crippen LogP contribution in [-0.2, 0) is 0 Å². The Morgan fingerprint density at radius 3 is 1.36 bits per heavy atom. The van der Waals surface area contributed by atoms with Crippen molar-refractivity contribution >= 4 is 33.1 Å². The van der Waals surface area contributed by atoms with Crippen LogP contribution in [0.5, 0.6) is 0 Å². The Morgan fingerprint density at radius 1 is 0.500 bits per heavy atom. The molecule has 106 valence electrons. The van der Waals surface area contributed by atoms with E-state index in [1.807, 2.05) is 0 Å². The van der Waals surface area contributed by atoms with Crippen LogP contribution in [0.15, 0.2) is 84.9 Å². The zero-order valence-corrected chi connectivity index (χ0v) is 12.8. The Bertz CT molecular complexity index is 876. The molecule has 1 heteroatoms. The zero-order chi connectivity index (χ0) is 14.9. The van der Waals surface area contributed by atoms with Gasteiger partial charge in [0.05, 0.1) is 5.38 Å². The number of hydrogen-bond acceptors (Lipinski definition) is 0. The highest BCUT2D eigenvalue weighted by atomic mass is 35.5. The van der Waals surface area contributed by atoms with Crippen LogP contribution in [0.25, 0.3) is 21.5 Å². The fourth-order valence-corrected chi connectivity index (χ4v) is 3.19. The Balaban J connectivity index is 1.78. The third-order valence-corrected chi connectivity index (χ3v) is 4.64. The van der Waals surface area contributed by atoms with Crippen LogP contribution < -0.4 is 0 Å². The molecule has 0 aromatic heterocycles. The van der Waals surface area contributed by atoms with Crippen LogP contribution in [-0.4, -0.2) is 0 Å². The largest absolute Gasteiger partial charge is 0.113 e. The molecule has 0 heterocycles. The Kier molecular flexibility index (Phi) is 3.32. The van der Waals surface area contributed by atoms with Crippen LogP contribution in [0.3, 0.4) is 0 Å². The molecule has 0 aliphatic heterocycles. The van der Waals surface area contributed by atoms with Gasteiger partial charge in [0.2, 0.25) is 0 Å². The van der Waals surface area contributed by atoms with Gasteiger partial charge < -0.3 is 0 Å². The molecule has 0 unspecified atom stereocenters. The van der Waals surface area contributed by atoms with Gasteiger partial charge in [-0.1, -0.05) is 72.8 Å². The van der Waals surface area contributed by atoms with Crippen molar-refractivity contribution in [2.24, 2.45) is 0 Å². The van der Waals surface area contributed by atoms with Gasteiger partial charge in [-0.05, 0) is 44.8 Å². The van der Waals surface area contributed by atoms with Gasteiger partial charge in [0.1, 0.15) is 0 Å². The van der Waals surface area contributed by atoms with E-state index in [4.69, 9.17) is 11.6 Å². The Hall–Kier alpha value is -2.31. The molecule has 0 N–H and O–H groups in total. The molecular formula is C21H15Cl. The summed E-state index contributed by atoms with van der Waals surface area (Å²) >= 11 is 6.73. The van der Waals surface area contributed by atoms with Crippen molar-refractivity contribution in [3.8, 4) is 0 Å². The minimum Gasteiger partial charge on any atom is -0.113 e. The second kappa shape index (κ2) is 5.47. The predicted octanol–water partition coefficient (Wildman–Crippen LogP) is 6.32. The first-order valence-corrected chi connectivity index (χ1v) is 7.86. The Morgan fingerprint density at radius 2 is 0.909 bits per heavy atom. The molecule has 22 heavy (non-hydrogen) atoms. The molecule has 0 aliphatic rings. The maximum atomic E-state index is 6.73. The Labute approximate surface area is 135 Å². The molecule has 0 aliphatic carbocycles. The van der Waals surface area contributed by atoms with Gasteiger partial charge in [-0.25, -0.2) is 0 Å². The van der Waals surface area contributed by atoms with E-state index in [1.54, 1.807) is 0 Å². The second-order valence-corrected chi connectivity index (χ2v) is 6.01. The van der Waals surface area contributed by atoms with Gasteiger partial charge in [0.15, 0.2) is 0 Å². The molecule has 0 atom stereocenters. The van der Waals surface area contributed by atoms with Gasteiger partial charge in [-0.2, -0.15) is 0 Å². The smallest absolute Gasteiger partial charge is 0.0835 e. The van der Waals surface area contributed by atoms with Gasteiger partial charge in [0.25, 0.3) is 0 Å². The van der Waals surface area contributed by atoms with Crippen molar-refractivity contribution in [2.75, 3.05) is 0 Å². The topological polar surface area (TPSA) is 0 Å². The lowest BCUT2D eigenvalue weighted by Crippen LogP contribution is -1.93. The van der Waals surface area contributed by atoms with Gasteiger partial charge >= 0.3 is 0 Å². The average molecular weight is 303 g/mol.